The second-order valence-corrected chi connectivity index (χ2v) is 4.07. The highest BCUT2D eigenvalue weighted by Gasteiger charge is 2.08. The molecule has 84 valence electrons. The van der Waals surface area contributed by atoms with E-state index >= 15 is 0 Å². The van der Waals surface area contributed by atoms with Crippen LogP contribution in [-0.4, -0.2) is 25.4 Å². The molecule has 0 unspecified atom stereocenters. The predicted molar refractivity (Wildman–Crippen MR) is 62.5 cm³/mol. The van der Waals surface area contributed by atoms with Gasteiger partial charge in [0.15, 0.2) is 11.5 Å². The molecule has 0 aliphatic heterocycles. The molecule has 0 amide bonds. The number of hydrogen-bond donors (Lipinski definition) is 1. The van der Waals surface area contributed by atoms with Gasteiger partial charge in [0.2, 0.25) is 0 Å². The first-order chi connectivity index (χ1) is 7.16. The molecule has 1 rings (SSSR count). The molecule has 3 nitrogen and oxygen atoms in total. The summed E-state index contributed by atoms with van der Waals surface area (Å²) in [4.78, 5) is 0. The SMILES string of the molecule is COCCCOc1c(O)ccc(Br)c1C. The maximum atomic E-state index is 9.60. The van der Waals surface area contributed by atoms with Crippen LogP contribution in [0.3, 0.4) is 0 Å². The number of ether oxygens (including phenoxy) is 2. The number of phenols is 1. The third kappa shape index (κ3) is 3.39. The molecule has 0 spiro atoms. The van der Waals surface area contributed by atoms with Gasteiger partial charge in [0.25, 0.3) is 0 Å². The summed E-state index contributed by atoms with van der Waals surface area (Å²) < 4.78 is 11.3. The van der Waals surface area contributed by atoms with Gasteiger partial charge in [-0.1, -0.05) is 15.9 Å². The molecule has 0 saturated carbocycles. The first-order valence-corrected chi connectivity index (χ1v) is 5.56. The summed E-state index contributed by atoms with van der Waals surface area (Å²) in [7, 11) is 1.65. The number of aromatic hydroxyl groups is 1. The van der Waals surface area contributed by atoms with Gasteiger partial charge in [-0.3, -0.25) is 0 Å². The maximum Gasteiger partial charge on any atom is 0.164 e. The smallest absolute Gasteiger partial charge is 0.164 e. The molecule has 15 heavy (non-hydrogen) atoms. The number of hydrogen-bond acceptors (Lipinski definition) is 3. The van der Waals surface area contributed by atoms with Crippen LogP contribution in [0.2, 0.25) is 0 Å². The van der Waals surface area contributed by atoms with E-state index in [1.165, 1.54) is 0 Å². The molecule has 1 aromatic carbocycles. The van der Waals surface area contributed by atoms with E-state index in [2.05, 4.69) is 15.9 Å². The van der Waals surface area contributed by atoms with Crippen LogP contribution in [0.4, 0.5) is 0 Å². The number of halogens is 1. The molecule has 1 N–H and O–H groups in total. The lowest BCUT2D eigenvalue weighted by Gasteiger charge is -2.11. The van der Waals surface area contributed by atoms with Crippen molar-refractivity contribution >= 4 is 15.9 Å². The van der Waals surface area contributed by atoms with Crippen molar-refractivity contribution in [2.75, 3.05) is 20.3 Å². The van der Waals surface area contributed by atoms with E-state index < -0.39 is 0 Å². The molecule has 0 radical (unpaired) electrons. The Morgan fingerprint density at radius 3 is 2.73 bits per heavy atom. The standard InChI is InChI=1S/C11H15BrO3/c1-8-9(12)4-5-10(13)11(8)15-7-3-6-14-2/h4-5,13H,3,6-7H2,1-2H3. The Kier molecular flexibility index (Phi) is 4.91. The number of benzene rings is 1. The van der Waals surface area contributed by atoms with Crippen LogP contribution < -0.4 is 4.74 Å². The second kappa shape index (κ2) is 5.98. The van der Waals surface area contributed by atoms with E-state index in [-0.39, 0.29) is 5.75 Å². The zero-order valence-corrected chi connectivity index (χ0v) is 10.5. The topological polar surface area (TPSA) is 38.7 Å². The summed E-state index contributed by atoms with van der Waals surface area (Å²) >= 11 is 3.39. The lowest BCUT2D eigenvalue weighted by atomic mass is 10.2. The molecular formula is C11H15BrO3. The average molecular weight is 275 g/mol. The average Bonchev–Trinajstić information content (AvgIpc) is 2.23. The molecule has 0 aliphatic carbocycles. The van der Waals surface area contributed by atoms with Crippen molar-refractivity contribution in [3.8, 4) is 11.5 Å². The van der Waals surface area contributed by atoms with Crippen LogP contribution in [-0.2, 0) is 4.74 Å². The molecule has 0 fully saturated rings. The Morgan fingerprint density at radius 2 is 2.07 bits per heavy atom. The fraction of sp³-hybridized carbons (Fsp3) is 0.455. The minimum absolute atomic E-state index is 0.174. The highest BCUT2D eigenvalue weighted by atomic mass is 79.9. The Morgan fingerprint density at radius 1 is 1.33 bits per heavy atom. The third-order valence-electron chi connectivity index (χ3n) is 2.06. The zero-order chi connectivity index (χ0) is 11.3. The highest BCUT2D eigenvalue weighted by Crippen LogP contribution is 2.34. The van der Waals surface area contributed by atoms with Crippen LogP contribution >= 0.6 is 15.9 Å². The summed E-state index contributed by atoms with van der Waals surface area (Å²) in [5, 5.41) is 9.60. The van der Waals surface area contributed by atoms with Crippen LogP contribution in [0, 0.1) is 6.92 Å². The van der Waals surface area contributed by atoms with Gasteiger partial charge in [0, 0.05) is 30.2 Å². The molecule has 0 atom stereocenters. The summed E-state index contributed by atoms with van der Waals surface area (Å²) in [6.45, 7) is 3.10. The Hall–Kier alpha value is -0.740. The van der Waals surface area contributed by atoms with Crippen LogP contribution in [0.1, 0.15) is 12.0 Å². The van der Waals surface area contributed by atoms with Crippen LogP contribution in [0.25, 0.3) is 0 Å². The summed E-state index contributed by atoms with van der Waals surface area (Å²) in [5.41, 5.74) is 0.910. The minimum atomic E-state index is 0.174. The molecule has 0 bridgehead atoms. The summed E-state index contributed by atoms with van der Waals surface area (Å²) in [6.07, 6.45) is 0.807. The molecule has 0 aromatic heterocycles. The normalized spacial score (nSPS) is 10.3. The van der Waals surface area contributed by atoms with Gasteiger partial charge in [-0.25, -0.2) is 0 Å². The Bertz CT molecular complexity index is 326. The van der Waals surface area contributed by atoms with E-state index in [0.717, 1.165) is 16.5 Å². The van der Waals surface area contributed by atoms with E-state index in [4.69, 9.17) is 9.47 Å². The van der Waals surface area contributed by atoms with Gasteiger partial charge in [-0.15, -0.1) is 0 Å². The molecule has 4 heteroatoms. The first-order valence-electron chi connectivity index (χ1n) is 4.76. The first kappa shape index (κ1) is 12.3. The molecule has 1 aromatic rings. The van der Waals surface area contributed by atoms with Crippen molar-refractivity contribution in [1.29, 1.82) is 0 Å². The third-order valence-corrected chi connectivity index (χ3v) is 2.92. The fourth-order valence-corrected chi connectivity index (χ4v) is 1.53. The van der Waals surface area contributed by atoms with Crippen molar-refractivity contribution in [1.82, 2.24) is 0 Å². The van der Waals surface area contributed by atoms with Crippen molar-refractivity contribution in [3.63, 3.8) is 0 Å². The fourth-order valence-electron chi connectivity index (χ4n) is 1.21. The van der Waals surface area contributed by atoms with Gasteiger partial charge in [-0.2, -0.15) is 0 Å². The van der Waals surface area contributed by atoms with Crippen molar-refractivity contribution in [2.24, 2.45) is 0 Å². The van der Waals surface area contributed by atoms with E-state index in [1.54, 1.807) is 19.2 Å². The summed E-state index contributed by atoms with van der Waals surface area (Å²) in [6, 6.07) is 3.41. The van der Waals surface area contributed by atoms with E-state index in [0.29, 0.717) is 19.0 Å². The molecule has 0 aliphatic rings. The summed E-state index contributed by atoms with van der Waals surface area (Å²) in [5.74, 6) is 0.716. The molecule has 0 heterocycles. The van der Waals surface area contributed by atoms with Gasteiger partial charge in [0.05, 0.1) is 6.61 Å². The molecule has 0 saturated heterocycles. The van der Waals surface area contributed by atoms with Crippen molar-refractivity contribution in [3.05, 3.63) is 22.2 Å². The monoisotopic (exact) mass is 274 g/mol. The zero-order valence-electron chi connectivity index (χ0n) is 8.92. The maximum absolute atomic E-state index is 9.60. The van der Waals surface area contributed by atoms with E-state index in [9.17, 15) is 5.11 Å². The largest absolute Gasteiger partial charge is 0.504 e. The van der Waals surface area contributed by atoms with Crippen LogP contribution in [0.15, 0.2) is 16.6 Å². The van der Waals surface area contributed by atoms with Gasteiger partial charge < -0.3 is 14.6 Å². The van der Waals surface area contributed by atoms with Crippen molar-refractivity contribution < 1.29 is 14.6 Å². The highest BCUT2D eigenvalue weighted by molar-refractivity contribution is 9.10. The van der Waals surface area contributed by atoms with Gasteiger partial charge >= 0.3 is 0 Å². The quantitative estimate of drug-likeness (QED) is 0.840. The van der Waals surface area contributed by atoms with Gasteiger partial charge in [0.1, 0.15) is 0 Å². The van der Waals surface area contributed by atoms with Gasteiger partial charge in [-0.05, 0) is 19.1 Å². The Labute approximate surface area is 98.1 Å². The van der Waals surface area contributed by atoms with Crippen LogP contribution in [0.5, 0.6) is 11.5 Å². The van der Waals surface area contributed by atoms with E-state index in [1.807, 2.05) is 6.92 Å². The molecular weight excluding hydrogens is 260 g/mol. The Balaban J connectivity index is 2.63. The number of methoxy groups -OCH3 is 1. The second-order valence-electron chi connectivity index (χ2n) is 3.22. The predicted octanol–water partition coefficient (Wildman–Crippen LogP) is 2.88. The number of rotatable bonds is 5. The lowest BCUT2D eigenvalue weighted by molar-refractivity contribution is 0.170. The number of phenolic OH excluding ortho intramolecular Hbond substituents is 1. The van der Waals surface area contributed by atoms with Crippen molar-refractivity contribution in [2.45, 2.75) is 13.3 Å². The lowest BCUT2D eigenvalue weighted by Crippen LogP contribution is -2.02. The minimum Gasteiger partial charge on any atom is -0.504 e.